The van der Waals surface area contributed by atoms with E-state index < -0.39 is 5.97 Å². The van der Waals surface area contributed by atoms with Gasteiger partial charge in [0, 0.05) is 25.4 Å². The number of carbonyl (C=O) groups is 2. The summed E-state index contributed by atoms with van der Waals surface area (Å²) in [6.07, 6.45) is 4.70. The highest BCUT2D eigenvalue weighted by Crippen LogP contribution is 2.21. The molecule has 1 aromatic rings. The number of hydrogen-bond donors (Lipinski definition) is 3. The number of likely N-dealkylation sites (tertiary alicyclic amines) is 1. The highest BCUT2D eigenvalue weighted by Gasteiger charge is 2.27. The number of nitrogens with zero attached hydrogens (tertiary/aromatic N) is 2. The van der Waals surface area contributed by atoms with E-state index in [0.717, 1.165) is 19.3 Å². The Bertz CT molecular complexity index is 519. The highest BCUT2D eigenvalue weighted by atomic mass is 16.4. The maximum atomic E-state index is 12.3. The van der Waals surface area contributed by atoms with Crippen LogP contribution in [0.25, 0.3) is 0 Å². The van der Waals surface area contributed by atoms with Gasteiger partial charge >= 0.3 is 12.0 Å². The molecule has 114 valence electrons. The average Bonchev–Trinajstić information content (AvgIpc) is 2.48. The van der Waals surface area contributed by atoms with Gasteiger partial charge in [0.1, 0.15) is 0 Å². The largest absolute Gasteiger partial charge is 0.476 e. The van der Waals surface area contributed by atoms with Crippen molar-refractivity contribution in [2.24, 2.45) is 0 Å². The predicted octanol–water partition coefficient (Wildman–Crippen LogP) is 1.55. The number of aliphatic hydroxyl groups is 1. The number of piperidine rings is 1. The molecule has 21 heavy (non-hydrogen) atoms. The van der Waals surface area contributed by atoms with Crippen LogP contribution >= 0.6 is 0 Å². The summed E-state index contributed by atoms with van der Waals surface area (Å²) in [6.45, 7) is 0.640. The van der Waals surface area contributed by atoms with Crippen LogP contribution < -0.4 is 5.32 Å². The lowest BCUT2D eigenvalue weighted by atomic mass is 10.0. The van der Waals surface area contributed by atoms with Crippen LogP contribution in [0.1, 0.15) is 36.2 Å². The molecule has 2 amide bonds. The van der Waals surface area contributed by atoms with Gasteiger partial charge in [-0.1, -0.05) is 0 Å². The van der Waals surface area contributed by atoms with Crippen LogP contribution in [0.5, 0.6) is 0 Å². The first-order chi connectivity index (χ1) is 10.1. The van der Waals surface area contributed by atoms with Gasteiger partial charge in [0.05, 0.1) is 5.69 Å². The van der Waals surface area contributed by atoms with Crippen molar-refractivity contribution in [3.05, 3.63) is 24.0 Å². The van der Waals surface area contributed by atoms with Crippen LogP contribution in [0.15, 0.2) is 18.3 Å². The topological polar surface area (TPSA) is 103 Å². The summed E-state index contributed by atoms with van der Waals surface area (Å²) in [5.41, 5.74) is 0.00453. The van der Waals surface area contributed by atoms with Crippen molar-refractivity contribution in [2.75, 3.05) is 18.5 Å². The number of pyridine rings is 1. The molecule has 1 aromatic heterocycles. The van der Waals surface area contributed by atoms with Gasteiger partial charge in [-0.3, -0.25) is 0 Å². The Morgan fingerprint density at radius 2 is 2.24 bits per heavy atom. The van der Waals surface area contributed by atoms with Gasteiger partial charge in [0.25, 0.3) is 0 Å². The van der Waals surface area contributed by atoms with Crippen molar-refractivity contribution in [1.82, 2.24) is 9.88 Å². The number of urea groups is 1. The molecule has 0 aromatic carbocycles. The van der Waals surface area contributed by atoms with Crippen LogP contribution in [0, 0.1) is 0 Å². The normalized spacial score (nSPS) is 18.3. The molecule has 1 aliphatic rings. The molecule has 0 bridgehead atoms. The van der Waals surface area contributed by atoms with E-state index in [1.807, 2.05) is 0 Å². The van der Waals surface area contributed by atoms with E-state index in [1.165, 1.54) is 12.3 Å². The van der Waals surface area contributed by atoms with Crippen LogP contribution in [0.2, 0.25) is 0 Å². The van der Waals surface area contributed by atoms with Gasteiger partial charge in [-0.25, -0.2) is 14.6 Å². The lowest BCUT2D eigenvalue weighted by Gasteiger charge is -2.35. The van der Waals surface area contributed by atoms with Gasteiger partial charge in [-0.2, -0.15) is 0 Å². The molecule has 1 unspecified atom stereocenters. The van der Waals surface area contributed by atoms with Crippen molar-refractivity contribution in [3.63, 3.8) is 0 Å². The molecule has 0 radical (unpaired) electrons. The summed E-state index contributed by atoms with van der Waals surface area (Å²) < 4.78 is 0. The molecular formula is C14H19N3O4. The lowest BCUT2D eigenvalue weighted by molar-refractivity contribution is 0.0691. The van der Waals surface area contributed by atoms with Gasteiger partial charge in [0.2, 0.25) is 0 Å². The number of nitrogens with one attached hydrogen (secondary N) is 1. The van der Waals surface area contributed by atoms with E-state index in [-0.39, 0.29) is 30.1 Å². The van der Waals surface area contributed by atoms with Gasteiger partial charge in [-0.15, -0.1) is 0 Å². The molecule has 7 nitrogen and oxygen atoms in total. The van der Waals surface area contributed by atoms with E-state index >= 15 is 0 Å². The summed E-state index contributed by atoms with van der Waals surface area (Å²) in [5, 5.41) is 20.8. The number of anilines is 1. The molecule has 0 aliphatic carbocycles. The second-order valence-electron chi connectivity index (χ2n) is 4.99. The molecule has 2 heterocycles. The van der Waals surface area contributed by atoms with Crippen molar-refractivity contribution >= 4 is 17.7 Å². The Labute approximate surface area is 122 Å². The third-order valence-corrected chi connectivity index (χ3v) is 3.60. The van der Waals surface area contributed by atoms with Gasteiger partial charge < -0.3 is 20.4 Å². The highest BCUT2D eigenvalue weighted by molar-refractivity contribution is 5.98. The van der Waals surface area contributed by atoms with Crippen molar-refractivity contribution in [1.29, 1.82) is 0 Å². The second kappa shape index (κ2) is 7.03. The zero-order valence-electron chi connectivity index (χ0n) is 11.7. The number of carboxylic acids is 1. The maximum absolute atomic E-state index is 12.3. The van der Waals surface area contributed by atoms with Crippen LogP contribution in [0.4, 0.5) is 10.5 Å². The van der Waals surface area contributed by atoms with Crippen LogP contribution in [-0.4, -0.2) is 51.3 Å². The predicted molar refractivity (Wildman–Crippen MR) is 76.3 cm³/mol. The average molecular weight is 293 g/mol. The zero-order valence-corrected chi connectivity index (χ0v) is 11.7. The lowest BCUT2D eigenvalue weighted by Crippen LogP contribution is -2.46. The Hall–Kier alpha value is -2.15. The summed E-state index contributed by atoms with van der Waals surface area (Å²) in [5.74, 6) is -1.18. The summed E-state index contributed by atoms with van der Waals surface area (Å²) in [7, 11) is 0. The van der Waals surface area contributed by atoms with Gasteiger partial charge in [0.15, 0.2) is 5.69 Å². The van der Waals surface area contributed by atoms with E-state index in [4.69, 9.17) is 10.2 Å². The number of rotatable bonds is 4. The smallest absolute Gasteiger partial charge is 0.356 e. The third kappa shape index (κ3) is 3.69. The molecule has 3 N–H and O–H groups in total. The molecule has 2 rings (SSSR count). The fraction of sp³-hybridized carbons (Fsp3) is 0.500. The fourth-order valence-corrected chi connectivity index (χ4v) is 2.58. The Balaban J connectivity index is 2.11. The van der Waals surface area contributed by atoms with Crippen molar-refractivity contribution < 1.29 is 19.8 Å². The first-order valence-corrected chi connectivity index (χ1v) is 7.00. The Kier molecular flexibility index (Phi) is 5.10. The maximum Gasteiger partial charge on any atom is 0.356 e. The second-order valence-corrected chi connectivity index (χ2v) is 4.99. The SMILES string of the molecule is O=C(O)c1ncccc1NC(=O)N1CCCCC1CCO. The molecule has 1 aliphatic heterocycles. The Morgan fingerprint density at radius 1 is 1.43 bits per heavy atom. The molecule has 1 fully saturated rings. The third-order valence-electron chi connectivity index (χ3n) is 3.60. The standard InChI is InChI=1S/C14H19N3O4/c18-9-6-10-4-1-2-8-17(10)14(21)16-11-5-3-7-15-12(11)13(19)20/h3,5,7,10,18H,1-2,4,6,8-9H2,(H,16,21)(H,19,20). The Morgan fingerprint density at radius 3 is 2.95 bits per heavy atom. The molecule has 1 saturated heterocycles. The number of aliphatic hydroxyl groups excluding tert-OH is 1. The van der Waals surface area contributed by atoms with E-state index in [0.29, 0.717) is 13.0 Å². The molecular weight excluding hydrogens is 274 g/mol. The van der Waals surface area contributed by atoms with E-state index in [2.05, 4.69) is 10.3 Å². The fourth-order valence-electron chi connectivity index (χ4n) is 2.58. The van der Waals surface area contributed by atoms with Crippen molar-refractivity contribution in [2.45, 2.75) is 31.7 Å². The molecule has 7 heteroatoms. The van der Waals surface area contributed by atoms with Gasteiger partial charge in [-0.05, 0) is 37.8 Å². The minimum Gasteiger partial charge on any atom is -0.476 e. The minimum atomic E-state index is -1.18. The summed E-state index contributed by atoms with van der Waals surface area (Å²) in [6, 6.07) is 2.74. The number of aromatic carboxylic acids is 1. The number of aromatic nitrogens is 1. The summed E-state index contributed by atoms with van der Waals surface area (Å²) in [4.78, 5) is 28.8. The van der Waals surface area contributed by atoms with E-state index in [1.54, 1.807) is 11.0 Å². The van der Waals surface area contributed by atoms with Crippen LogP contribution in [0.3, 0.4) is 0 Å². The minimum absolute atomic E-state index is 0.00583. The van der Waals surface area contributed by atoms with Crippen LogP contribution in [-0.2, 0) is 0 Å². The monoisotopic (exact) mass is 293 g/mol. The van der Waals surface area contributed by atoms with E-state index in [9.17, 15) is 9.59 Å². The zero-order chi connectivity index (χ0) is 15.2. The summed E-state index contributed by atoms with van der Waals surface area (Å²) >= 11 is 0. The molecule has 0 spiro atoms. The molecule has 0 saturated carbocycles. The number of carboxylic acid groups (broad SMARTS) is 1. The first kappa shape index (κ1) is 15.2. The number of amides is 2. The number of hydrogen-bond acceptors (Lipinski definition) is 4. The quantitative estimate of drug-likeness (QED) is 0.781. The first-order valence-electron chi connectivity index (χ1n) is 7.00. The molecule has 1 atom stereocenters. The number of carbonyl (C=O) groups excluding carboxylic acids is 1. The van der Waals surface area contributed by atoms with Crippen molar-refractivity contribution in [3.8, 4) is 0 Å².